The third kappa shape index (κ3) is 7.12. The fraction of sp³-hybridized carbons (Fsp3) is 0.700. The number of cyclic esters (lactones) is 1. The van der Waals surface area contributed by atoms with Crippen LogP contribution in [-0.4, -0.2) is 58.0 Å². The van der Waals surface area contributed by atoms with E-state index in [9.17, 15) is 19.8 Å². The Labute approximate surface area is 243 Å². The third-order valence-electron chi connectivity index (χ3n) is 8.66. The predicted octanol–water partition coefficient (Wildman–Crippen LogP) is 6.25. The van der Waals surface area contributed by atoms with Crippen molar-refractivity contribution in [1.82, 2.24) is 4.98 Å². The van der Waals surface area contributed by atoms with Crippen molar-refractivity contribution in [2.45, 2.75) is 110 Å². The first-order chi connectivity index (χ1) is 18.8. The average molecular weight is 602 g/mol. The second-order valence-electron chi connectivity index (χ2n) is 12.4. The largest absolute Gasteiger partial charge is 0.444 e. The Morgan fingerprint density at radius 1 is 1.12 bits per heavy atom. The zero-order chi connectivity index (χ0) is 31.0. The number of ether oxygens (including phenoxy) is 2. The standard InChI is InChI=1S/C30H42F3NO6S/c1-17-9-8-12-28(6,38)13-14-29(30(31,32)33,20-10-11-22-21(15-20)34-19(3)41-22)40-24(36)16-23(35)27(4,5)26(37)18(2)25(17)39-7/h10-11,15,17-18,23,25,35,38H,8-9,12-14,16H2,1-7H3. The number of aryl methyl sites for hydroxylation is 1. The van der Waals surface area contributed by atoms with Crippen LogP contribution in [0.25, 0.3) is 10.2 Å². The van der Waals surface area contributed by atoms with E-state index in [1.165, 1.54) is 57.4 Å². The summed E-state index contributed by atoms with van der Waals surface area (Å²) in [5.41, 5.74) is -6.04. The summed E-state index contributed by atoms with van der Waals surface area (Å²) in [6.07, 6.45) is -7.79. The van der Waals surface area contributed by atoms with Crippen molar-refractivity contribution in [3.63, 3.8) is 0 Å². The number of halogens is 3. The lowest BCUT2D eigenvalue weighted by Gasteiger charge is -2.39. The summed E-state index contributed by atoms with van der Waals surface area (Å²) in [4.78, 5) is 31.0. The Hall–Kier alpha value is -2.08. The van der Waals surface area contributed by atoms with Gasteiger partial charge in [-0.25, -0.2) is 4.98 Å². The zero-order valence-electron chi connectivity index (χ0n) is 24.8. The van der Waals surface area contributed by atoms with Crippen LogP contribution in [0.5, 0.6) is 0 Å². The summed E-state index contributed by atoms with van der Waals surface area (Å²) in [5, 5.41) is 22.8. The summed E-state index contributed by atoms with van der Waals surface area (Å²) >= 11 is 1.33. The minimum Gasteiger partial charge on any atom is -0.444 e. The van der Waals surface area contributed by atoms with Crippen LogP contribution in [0, 0.1) is 24.2 Å². The van der Waals surface area contributed by atoms with E-state index < -0.39 is 59.7 Å². The molecule has 0 amide bonds. The maximum Gasteiger partial charge on any atom is 0.432 e. The Morgan fingerprint density at radius 3 is 2.39 bits per heavy atom. The van der Waals surface area contributed by atoms with E-state index in [1.54, 1.807) is 13.8 Å². The molecule has 0 radical (unpaired) electrons. The number of nitrogens with zero attached hydrogens (tertiary/aromatic N) is 1. The molecule has 1 aliphatic rings. The molecule has 6 unspecified atom stereocenters. The lowest BCUT2D eigenvalue weighted by atomic mass is 9.72. The maximum absolute atomic E-state index is 15.1. The summed E-state index contributed by atoms with van der Waals surface area (Å²) in [5.74, 6) is -2.45. The lowest BCUT2D eigenvalue weighted by molar-refractivity contribution is -0.282. The molecule has 230 valence electrons. The number of aliphatic hydroxyl groups excluding tert-OH is 1. The van der Waals surface area contributed by atoms with Crippen LogP contribution < -0.4 is 0 Å². The number of aromatic nitrogens is 1. The number of rotatable bonds is 2. The van der Waals surface area contributed by atoms with Gasteiger partial charge in [0.1, 0.15) is 5.78 Å². The van der Waals surface area contributed by atoms with Crippen molar-refractivity contribution in [1.29, 1.82) is 0 Å². The normalized spacial score (nSPS) is 33.1. The van der Waals surface area contributed by atoms with Gasteiger partial charge in [0.25, 0.3) is 0 Å². The Kier molecular flexibility index (Phi) is 10.00. The number of hydrogen-bond acceptors (Lipinski definition) is 8. The van der Waals surface area contributed by atoms with E-state index in [1.807, 2.05) is 6.92 Å². The van der Waals surface area contributed by atoms with Gasteiger partial charge < -0.3 is 19.7 Å². The first kappa shape index (κ1) is 33.4. The van der Waals surface area contributed by atoms with Gasteiger partial charge in [0.15, 0.2) is 0 Å². The van der Waals surface area contributed by atoms with Crippen molar-refractivity contribution >= 4 is 33.3 Å². The molecule has 2 heterocycles. The molecular formula is C30H42F3NO6S. The lowest BCUT2D eigenvalue weighted by Crippen LogP contribution is -2.49. The molecule has 11 heteroatoms. The molecule has 1 aromatic carbocycles. The molecule has 1 aliphatic heterocycles. The van der Waals surface area contributed by atoms with Crippen LogP contribution >= 0.6 is 11.3 Å². The number of methoxy groups -OCH3 is 1. The number of ketones is 1. The van der Waals surface area contributed by atoms with E-state index in [4.69, 9.17) is 9.47 Å². The van der Waals surface area contributed by atoms with E-state index in [0.29, 0.717) is 28.1 Å². The molecule has 6 atom stereocenters. The highest BCUT2D eigenvalue weighted by Crippen LogP contribution is 2.48. The summed E-state index contributed by atoms with van der Waals surface area (Å²) in [7, 11) is 1.50. The third-order valence-corrected chi connectivity index (χ3v) is 9.62. The highest BCUT2D eigenvalue weighted by molar-refractivity contribution is 7.18. The number of Topliss-reactive ketones (excluding diaryl/α,β-unsaturated/α-hetero) is 1. The highest BCUT2D eigenvalue weighted by atomic mass is 32.1. The van der Waals surface area contributed by atoms with Gasteiger partial charge in [-0.2, -0.15) is 13.2 Å². The topological polar surface area (TPSA) is 106 Å². The van der Waals surface area contributed by atoms with Crippen LogP contribution in [0.2, 0.25) is 0 Å². The van der Waals surface area contributed by atoms with Gasteiger partial charge in [-0.15, -0.1) is 11.3 Å². The number of aliphatic hydroxyl groups is 2. The van der Waals surface area contributed by atoms with Crippen molar-refractivity contribution in [3.8, 4) is 0 Å². The number of carbonyl (C=O) groups is 2. The molecule has 0 saturated carbocycles. The number of esters is 1. The Balaban J connectivity index is 2.11. The molecule has 0 aliphatic carbocycles. The highest BCUT2D eigenvalue weighted by Gasteiger charge is 2.60. The molecule has 2 N–H and O–H groups in total. The molecule has 41 heavy (non-hydrogen) atoms. The molecule has 3 rings (SSSR count). The Bertz CT molecular complexity index is 1240. The van der Waals surface area contributed by atoms with Crippen molar-refractivity contribution < 1.29 is 42.4 Å². The summed E-state index contributed by atoms with van der Waals surface area (Å²) < 4.78 is 56.9. The molecular weight excluding hydrogens is 559 g/mol. The molecule has 7 nitrogen and oxygen atoms in total. The number of benzene rings is 1. The molecule has 0 bridgehead atoms. The van der Waals surface area contributed by atoms with Crippen LogP contribution in [-0.2, 0) is 24.7 Å². The van der Waals surface area contributed by atoms with Gasteiger partial charge in [0.05, 0.1) is 44.9 Å². The number of carbonyl (C=O) groups excluding carboxylic acids is 2. The second-order valence-corrected chi connectivity index (χ2v) is 13.6. The molecule has 0 spiro atoms. The van der Waals surface area contributed by atoms with Crippen LogP contribution in [0.4, 0.5) is 13.2 Å². The SMILES string of the molecule is COC1C(C)CCCC(C)(O)CCC(c2ccc3sc(C)nc3c2)(C(F)(F)F)OC(=O)CC(O)C(C)(C)C(=O)C1C. The van der Waals surface area contributed by atoms with Gasteiger partial charge in [-0.1, -0.05) is 40.2 Å². The van der Waals surface area contributed by atoms with Gasteiger partial charge in [-0.3, -0.25) is 9.59 Å². The van der Waals surface area contributed by atoms with Crippen molar-refractivity contribution in [2.75, 3.05) is 7.11 Å². The quantitative estimate of drug-likeness (QED) is 0.392. The van der Waals surface area contributed by atoms with Crippen LogP contribution in [0.3, 0.4) is 0 Å². The summed E-state index contributed by atoms with van der Waals surface area (Å²) in [6, 6.07) is 4.05. The number of alkyl halides is 3. The van der Waals surface area contributed by atoms with Crippen LogP contribution in [0.15, 0.2) is 18.2 Å². The first-order valence-electron chi connectivity index (χ1n) is 14.0. The smallest absolute Gasteiger partial charge is 0.432 e. The summed E-state index contributed by atoms with van der Waals surface area (Å²) in [6.45, 7) is 9.76. The molecule has 1 fully saturated rings. The Morgan fingerprint density at radius 2 is 1.78 bits per heavy atom. The van der Waals surface area contributed by atoms with E-state index in [0.717, 1.165) is 0 Å². The fourth-order valence-corrected chi connectivity index (χ4v) is 6.74. The van der Waals surface area contributed by atoms with Gasteiger partial charge in [0.2, 0.25) is 5.60 Å². The van der Waals surface area contributed by atoms with Gasteiger partial charge in [0, 0.05) is 25.0 Å². The molecule has 1 saturated heterocycles. The maximum atomic E-state index is 15.1. The van der Waals surface area contributed by atoms with Crippen LogP contribution in [0.1, 0.15) is 83.7 Å². The molecule has 1 aromatic heterocycles. The number of fused-ring (bicyclic) bond motifs is 1. The van der Waals surface area contributed by atoms with Crippen molar-refractivity contribution in [2.24, 2.45) is 17.3 Å². The minimum absolute atomic E-state index is 0.108. The first-order valence-corrected chi connectivity index (χ1v) is 14.8. The number of hydrogen-bond donors (Lipinski definition) is 2. The second kappa shape index (κ2) is 12.3. The molecule has 2 aromatic rings. The van der Waals surface area contributed by atoms with Gasteiger partial charge >= 0.3 is 12.1 Å². The monoisotopic (exact) mass is 601 g/mol. The predicted molar refractivity (Wildman–Crippen MR) is 150 cm³/mol. The average Bonchev–Trinajstić information content (AvgIpc) is 3.24. The van der Waals surface area contributed by atoms with Crippen molar-refractivity contribution in [3.05, 3.63) is 28.8 Å². The van der Waals surface area contributed by atoms with E-state index in [-0.39, 0.29) is 30.1 Å². The van der Waals surface area contributed by atoms with Gasteiger partial charge in [-0.05, 0) is 51.2 Å². The fourth-order valence-electron chi connectivity index (χ4n) is 5.93. The zero-order valence-corrected chi connectivity index (χ0v) is 25.6. The van der Waals surface area contributed by atoms with E-state index >= 15 is 13.2 Å². The van der Waals surface area contributed by atoms with E-state index in [2.05, 4.69) is 4.98 Å². The minimum atomic E-state index is -5.06. The number of thiazole rings is 1.